The first-order valence-corrected chi connectivity index (χ1v) is 9.30. The smallest absolute Gasteiger partial charge is 0.339 e. The Morgan fingerprint density at radius 2 is 1.79 bits per heavy atom. The van der Waals surface area contributed by atoms with Gasteiger partial charge in [-0.1, -0.05) is 18.2 Å². The van der Waals surface area contributed by atoms with Crippen LogP contribution in [-0.2, 0) is 9.53 Å². The van der Waals surface area contributed by atoms with Crippen LogP contribution in [0.4, 0.5) is 0 Å². The van der Waals surface area contributed by atoms with Crippen LogP contribution in [0.1, 0.15) is 38.1 Å². The summed E-state index contributed by atoms with van der Waals surface area (Å²) in [6, 6.07) is 12.5. The van der Waals surface area contributed by atoms with E-state index < -0.39 is 5.97 Å². The molecule has 0 aliphatic rings. The Morgan fingerprint density at radius 3 is 2.43 bits per heavy atom. The maximum atomic E-state index is 12.8. The molecule has 2 aromatic heterocycles. The van der Waals surface area contributed by atoms with Crippen LogP contribution in [0.15, 0.2) is 53.1 Å². The van der Waals surface area contributed by atoms with Gasteiger partial charge in [-0.2, -0.15) is 0 Å². The number of para-hydroxylation sites is 1. The van der Waals surface area contributed by atoms with Crippen LogP contribution in [0.2, 0.25) is 0 Å². The Morgan fingerprint density at radius 1 is 1.07 bits per heavy atom. The lowest BCUT2D eigenvalue weighted by molar-refractivity contribution is -0.138. The van der Waals surface area contributed by atoms with E-state index in [0.717, 1.165) is 0 Å². The highest BCUT2D eigenvalue weighted by Crippen LogP contribution is 2.25. The summed E-state index contributed by atoms with van der Waals surface area (Å²) in [5.74, 6) is -0.225. The maximum Gasteiger partial charge on any atom is 0.339 e. The van der Waals surface area contributed by atoms with Crippen molar-refractivity contribution in [1.82, 2.24) is 9.88 Å². The minimum absolute atomic E-state index is 0.0264. The molecule has 0 aliphatic heterocycles. The molecule has 0 saturated carbocycles. The summed E-state index contributed by atoms with van der Waals surface area (Å²) < 4.78 is 10.8. The lowest BCUT2D eigenvalue weighted by Gasteiger charge is -2.30. The van der Waals surface area contributed by atoms with Crippen molar-refractivity contribution in [3.05, 3.63) is 54.3 Å². The van der Waals surface area contributed by atoms with Gasteiger partial charge < -0.3 is 14.1 Å². The highest BCUT2D eigenvalue weighted by Gasteiger charge is 2.23. The molecule has 0 bridgehead atoms. The van der Waals surface area contributed by atoms with Crippen molar-refractivity contribution in [2.45, 2.75) is 39.8 Å². The normalized spacial score (nSPS) is 11.2. The number of esters is 1. The van der Waals surface area contributed by atoms with Gasteiger partial charge in [0.25, 0.3) is 5.91 Å². The van der Waals surface area contributed by atoms with Crippen LogP contribution in [0, 0.1) is 0 Å². The maximum absolute atomic E-state index is 12.8. The van der Waals surface area contributed by atoms with E-state index in [2.05, 4.69) is 4.98 Å². The summed E-state index contributed by atoms with van der Waals surface area (Å²) in [5.41, 5.74) is 1.54. The van der Waals surface area contributed by atoms with Crippen LogP contribution in [0.3, 0.4) is 0 Å². The van der Waals surface area contributed by atoms with E-state index in [1.54, 1.807) is 35.4 Å². The van der Waals surface area contributed by atoms with E-state index >= 15 is 0 Å². The third-order valence-corrected chi connectivity index (χ3v) is 4.44. The summed E-state index contributed by atoms with van der Waals surface area (Å²) in [4.78, 5) is 31.6. The number of carbonyl (C=O) groups excluding carboxylic acids is 2. The molecule has 3 aromatic rings. The second-order valence-corrected chi connectivity index (χ2v) is 7.11. The molecule has 0 radical (unpaired) electrons. The van der Waals surface area contributed by atoms with Crippen molar-refractivity contribution >= 4 is 22.8 Å². The Balaban J connectivity index is 1.88. The van der Waals surface area contributed by atoms with Gasteiger partial charge in [-0.3, -0.25) is 4.79 Å². The van der Waals surface area contributed by atoms with E-state index in [0.29, 0.717) is 27.9 Å². The van der Waals surface area contributed by atoms with Gasteiger partial charge in [0.15, 0.2) is 12.4 Å². The van der Waals surface area contributed by atoms with Gasteiger partial charge >= 0.3 is 5.97 Å². The first-order valence-electron chi connectivity index (χ1n) is 9.30. The summed E-state index contributed by atoms with van der Waals surface area (Å²) in [6.45, 7) is 7.44. The number of nitrogens with zero attached hydrogens (tertiary/aromatic N) is 2. The van der Waals surface area contributed by atoms with Gasteiger partial charge in [0, 0.05) is 17.5 Å². The van der Waals surface area contributed by atoms with Gasteiger partial charge in [0.05, 0.1) is 17.3 Å². The largest absolute Gasteiger partial charge is 0.463 e. The molecule has 2 heterocycles. The minimum Gasteiger partial charge on any atom is -0.463 e. The number of hydrogen-bond donors (Lipinski definition) is 0. The first-order chi connectivity index (χ1) is 13.4. The Kier molecular flexibility index (Phi) is 5.78. The van der Waals surface area contributed by atoms with E-state index in [1.807, 2.05) is 45.9 Å². The van der Waals surface area contributed by atoms with Gasteiger partial charge in [0.2, 0.25) is 0 Å². The Labute approximate surface area is 164 Å². The average molecular weight is 380 g/mol. The fourth-order valence-corrected chi connectivity index (χ4v) is 3.35. The topological polar surface area (TPSA) is 72.6 Å². The van der Waals surface area contributed by atoms with E-state index in [4.69, 9.17) is 9.15 Å². The highest BCUT2D eigenvalue weighted by atomic mass is 16.5. The zero-order valence-electron chi connectivity index (χ0n) is 16.5. The second-order valence-electron chi connectivity index (χ2n) is 7.11. The number of ether oxygens (including phenoxy) is 1. The van der Waals surface area contributed by atoms with Gasteiger partial charge in [0.1, 0.15) is 5.69 Å². The molecule has 0 N–H and O–H groups in total. The van der Waals surface area contributed by atoms with Crippen LogP contribution >= 0.6 is 0 Å². The molecule has 1 amide bonds. The van der Waals surface area contributed by atoms with Crippen LogP contribution < -0.4 is 0 Å². The van der Waals surface area contributed by atoms with Gasteiger partial charge in [-0.05, 0) is 52.0 Å². The molecule has 1 aromatic carbocycles. The van der Waals surface area contributed by atoms with Crippen molar-refractivity contribution in [2.24, 2.45) is 0 Å². The summed E-state index contributed by atoms with van der Waals surface area (Å²) >= 11 is 0. The summed E-state index contributed by atoms with van der Waals surface area (Å²) in [6.07, 6.45) is 1.55. The van der Waals surface area contributed by atoms with Crippen LogP contribution in [-0.4, -0.2) is 40.5 Å². The molecule has 6 heteroatoms. The van der Waals surface area contributed by atoms with Crippen molar-refractivity contribution in [3.63, 3.8) is 0 Å². The summed E-state index contributed by atoms with van der Waals surface area (Å²) in [5, 5.41) is 0.667. The minimum atomic E-state index is -0.563. The predicted molar refractivity (Wildman–Crippen MR) is 107 cm³/mol. The molecule has 0 unspecified atom stereocenters. The number of hydrogen-bond acceptors (Lipinski definition) is 5. The number of furan rings is 1. The fraction of sp³-hybridized carbons (Fsp3) is 0.318. The number of carbonyl (C=O) groups is 2. The molecular formula is C22H24N2O4. The zero-order chi connectivity index (χ0) is 20.3. The molecule has 6 nitrogen and oxygen atoms in total. The van der Waals surface area contributed by atoms with E-state index in [-0.39, 0.29) is 24.6 Å². The molecule has 28 heavy (non-hydrogen) atoms. The van der Waals surface area contributed by atoms with E-state index in [1.165, 1.54) is 0 Å². The number of benzene rings is 1. The molecule has 0 spiro atoms. The number of amides is 1. The average Bonchev–Trinajstić information content (AvgIpc) is 3.19. The summed E-state index contributed by atoms with van der Waals surface area (Å²) in [7, 11) is 0. The fourth-order valence-electron chi connectivity index (χ4n) is 3.35. The number of aromatic nitrogens is 1. The van der Waals surface area contributed by atoms with Gasteiger partial charge in [-0.25, -0.2) is 9.78 Å². The molecule has 146 valence electrons. The van der Waals surface area contributed by atoms with Crippen LogP contribution in [0.25, 0.3) is 22.4 Å². The highest BCUT2D eigenvalue weighted by molar-refractivity contribution is 6.05. The zero-order valence-corrected chi connectivity index (χ0v) is 16.5. The molecule has 3 rings (SSSR count). The monoisotopic (exact) mass is 380 g/mol. The molecule has 0 atom stereocenters. The Hall–Kier alpha value is -3.15. The third kappa shape index (κ3) is 4.06. The molecule has 0 fully saturated rings. The Bertz CT molecular complexity index is 969. The number of rotatable bonds is 6. The predicted octanol–water partition coefficient (Wildman–Crippen LogP) is 4.30. The SMILES string of the molecule is CC(C)N(C(=O)COC(=O)c1cc(-c2ccco2)nc2ccccc12)C(C)C. The van der Waals surface area contributed by atoms with Crippen molar-refractivity contribution < 1.29 is 18.7 Å². The van der Waals surface area contributed by atoms with Crippen molar-refractivity contribution in [3.8, 4) is 11.5 Å². The van der Waals surface area contributed by atoms with Crippen molar-refractivity contribution in [2.75, 3.05) is 6.61 Å². The third-order valence-electron chi connectivity index (χ3n) is 4.44. The number of pyridine rings is 1. The van der Waals surface area contributed by atoms with Gasteiger partial charge in [-0.15, -0.1) is 0 Å². The lowest BCUT2D eigenvalue weighted by atomic mass is 10.1. The lowest BCUT2D eigenvalue weighted by Crippen LogP contribution is -2.44. The second kappa shape index (κ2) is 8.25. The number of fused-ring (bicyclic) bond motifs is 1. The standard InChI is InChI=1S/C22H24N2O4/c1-14(2)24(15(3)4)21(25)13-28-22(26)17-12-19(20-10-7-11-27-20)23-18-9-6-5-8-16(17)18/h5-12,14-15H,13H2,1-4H3. The van der Waals surface area contributed by atoms with Crippen LogP contribution in [0.5, 0.6) is 0 Å². The first kappa shape index (κ1) is 19.6. The molecule has 0 saturated heterocycles. The van der Waals surface area contributed by atoms with E-state index in [9.17, 15) is 9.59 Å². The molecule has 0 aliphatic carbocycles. The quantitative estimate of drug-likeness (QED) is 0.596. The van der Waals surface area contributed by atoms with Crippen molar-refractivity contribution in [1.29, 1.82) is 0 Å². The molecular weight excluding hydrogens is 356 g/mol.